The van der Waals surface area contributed by atoms with Gasteiger partial charge in [0.05, 0.1) is 5.92 Å². The summed E-state index contributed by atoms with van der Waals surface area (Å²) < 4.78 is 26.6. The summed E-state index contributed by atoms with van der Waals surface area (Å²) in [4.78, 5) is 24.7. The third kappa shape index (κ3) is 8.34. The van der Waals surface area contributed by atoms with Crippen molar-refractivity contribution in [2.45, 2.75) is 30.1 Å². The van der Waals surface area contributed by atoms with Crippen molar-refractivity contribution in [3.05, 3.63) is 88.5 Å². The van der Waals surface area contributed by atoms with Crippen LogP contribution in [0, 0.1) is 5.92 Å². The molecule has 0 fully saturated rings. The number of carbonyl (C=O) groups excluding carboxylic acids is 2. The zero-order chi connectivity index (χ0) is 29.3. The Morgan fingerprint density at radius 3 is 2.45 bits per heavy atom. The SMILES string of the molecule is C[C@H](O)C(=O)NS(=O)(=O)C1(Cl)CC(CNCCNC(=O)[C@@H](CS)Cc2cccc(Cl)c2)=CC=C1c1ccccc1. The summed E-state index contributed by atoms with van der Waals surface area (Å²) in [5, 5.41) is 16.3. The van der Waals surface area contributed by atoms with Crippen molar-refractivity contribution in [2.75, 3.05) is 25.4 Å². The number of nitrogens with one attached hydrogen (secondary N) is 3. The van der Waals surface area contributed by atoms with Gasteiger partial charge in [0.1, 0.15) is 6.10 Å². The maximum atomic E-state index is 13.3. The molecule has 3 rings (SSSR count). The molecule has 1 aliphatic carbocycles. The molecule has 4 N–H and O–H groups in total. The number of aliphatic hydroxyl groups excluding tert-OH is 1. The minimum Gasteiger partial charge on any atom is -0.384 e. The van der Waals surface area contributed by atoms with Gasteiger partial charge in [-0.05, 0) is 42.2 Å². The smallest absolute Gasteiger partial charge is 0.262 e. The molecule has 0 aliphatic heterocycles. The quantitative estimate of drug-likeness (QED) is 0.132. The first kappa shape index (κ1) is 32.2. The van der Waals surface area contributed by atoms with Gasteiger partial charge in [0.25, 0.3) is 15.9 Å². The second-order valence-electron chi connectivity index (χ2n) is 9.50. The van der Waals surface area contributed by atoms with Gasteiger partial charge in [-0.25, -0.2) is 13.1 Å². The van der Waals surface area contributed by atoms with Crippen molar-refractivity contribution in [1.82, 2.24) is 15.4 Å². The average molecular weight is 627 g/mol. The number of hydrogen-bond acceptors (Lipinski definition) is 7. The maximum absolute atomic E-state index is 13.3. The van der Waals surface area contributed by atoms with Crippen LogP contribution in [0.3, 0.4) is 0 Å². The highest BCUT2D eigenvalue weighted by Crippen LogP contribution is 2.45. The largest absolute Gasteiger partial charge is 0.384 e. The second-order valence-corrected chi connectivity index (χ2v) is 13.1. The molecule has 3 atom stereocenters. The van der Waals surface area contributed by atoms with Crippen LogP contribution >= 0.6 is 35.8 Å². The van der Waals surface area contributed by atoms with Gasteiger partial charge in [-0.3, -0.25) is 9.59 Å². The van der Waals surface area contributed by atoms with Crippen molar-refractivity contribution in [2.24, 2.45) is 5.92 Å². The Bertz CT molecular complexity index is 1370. The summed E-state index contributed by atoms with van der Waals surface area (Å²) in [6, 6.07) is 16.2. The zero-order valence-electron chi connectivity index (χ0n) is 21.9. The number of hydrogen-bond donors (Lipinski definition) is 5. The number of allylic oxidation sites excluding steroid dienone is 2. The van der Waals surface area contributed by atoms with Gasteiger partial charge in [0.15, 0.2) is 4.21 Å². The van der Waals surface area contributed by atoms with Gasteiger partial charge in [-0.2, -0.15) is 12.6 Å². The molecule has 0 heterocycles. The highest BCUT2D eigenvalue weighted by molar-refractivity contribution is 7.93. The van der Waals surface area contributed by atoms with E-state index in [9.17, 15) is 23.1 Å². The lowest BCUT2D eigenvalue weighted by molar-refractivity contribution is -0.126. The molecule has 0 aromatic heterocycles. The fourth-order valence-corrected chi connectivity index (χ4v) is 6.63. The van der Waals surface area contributed by atoms with Crippen LogP contribution in [-0.2, 0) is 26.0 Å². The first-order valence-corrected chi connectivity index (χ1v) is 15.6. The molecule has 12 heteroatoms. The number of benzene rings is 2. The molecular weight excluding hydrogens is 593 g/mol. The highest BCUT2D eigenvalue weighted by Gasteiger charge is 2.48. The van der Waals surface area contributed by atoms with E-state index in [1.165, 1.54) is 6.92 Å². The van der Waals surface area contributed by atoms with Crippen molar-refractivity contribution in [1.29, 1.82) is 0 Å². The number of amides is 2. The lowest BCUT2D eigenvalue weighted by atomic mass is 9.92. The van der Waals surface area contributed by atoms with E-state index in [1.807, 2.05) is 22.9 Å². The van der Waals surface area contributed by atoms with Crippen molar-refractivity contribution in [3.8, 4) is 0 Å². The van der Waals surface area contributed by atoms with Crippen molar-refractivity contribution >= 4 is 63.2 Å². The van der Waals surface area contributed by atoms with E-state index < -0.39 is 26.2 Å². The van der Waals surface area contributed by atoms with Crippen LogP contribution in [0.1, 0.15) is 24.5 Å². The standard InChI is InChI=1S/C28H33Cl2N3O5S2/c1-19(34)26(35)33-40(37,38)28(30)16-21(10-11-25(28)22-7-3-2-4-8-22)17-31-12-13-32-27(36)23(18-39)14-20-6-5-9-24(29)15-20/h2-11,15,19,23,31,34,39H,12-14,16-18H2,1H3,(H,32,36)(H,33,35)/t19-,23+,28?/m0/s1. The summed E-state index contributed by atoms with van der Waals surface area (Å²) in [6.45, 7) is 2.26. The maximum Gasteiger partial charge on any atom is 0.262 e. The minimum absolute atomic E-state index is 0.0988. The Balaban J connectivity index is 1.62. The first-order chi connectivity index (χ1) is 19.0. The number of aliphatic hydroxyl groups is 1. The number of halogens is 2. The molecule has 2 amide bonds. The summed E-state index contributed by atoms with van der Waals surface area (Å²) >= 11 is 17.2. The number of rotatable bonds is 13. The third-order valence-corrected chi connectivity index (χ3v) is 9.69. The number of carbonyl (C=O) groups is 2. The van der Waals surface area contributed by atoms with Crippen LogP contribution in [-0.4, -0.2) is 61.0 Å². The number of thiol groups is 1. The Labute approximate surface area is 250 Å². The van der Waals surface area contributed by atoms with E-state index in [1.54, 1.807) is 48.6 Å². The molecule has 0 saturated carbocycles. The van der Waals surface area contributed by atoms with Gasteiger partial charge < -0.3 is 15.7 Å². The number of alkyl halides is 1. The lowest BCUT2D eigenvalue weighted by Crippen LogP contribution is -2.49. The first-order valence-electron chi connectivity index (χ1n) is 12.7. The van der Waals surface area contributed by atoms with E-state index in [-0.39, 0.29) is 18.2 Å². The van der Waals surface area contributed by atoms with Crippen LogP contribution < -0.4 is 15.4 Å². The predicted octanol–water partition coefficient (Wildman–Crippen LogP) is 3.31. The fourth-order valence-electron chi connectivity index (χ4n) is 4.22. The summed E-state index contributed by atoms with van der Waals surface area (Å²) in [6.07, 6.45) is 2.32. The molecule has 216 valence electrons. The van der Waals surface area contributed by atoms with Gasteiger partial charge in [0, 0.05) is 36.8 Å². The molecule has 1 unspecified atom stereocenters. The van der Waals surface area contributed by atoms with Crippen LogP contribution in [0.5, 0.6) is 0 Å². The van der Waals surface area contributed by atoms with Gasteiger partial charge >= 0.3 is 0 Å². The van der Waals surface area contributed by atoms with E-state index in [4.69, 9.17) is 23.2 Å². The minimum atomic E-state index is -4.45. The molecule has 2 aromatic rings. The number of sulfonamides is 1. The van der Waals surface area contributed by atoms with E-state index in [2.05, 4.69) is 23.3 Å². The second kappa shape index (κ2) is 14.5. The summed E-state index contributed by atoms with van der Waals surface area (Å²) in [5.41, 5.74) is 2.55. The highest BCUT2D eigenvalue weighted by atomic mass is 35.5. The lowest BCUT2D eigenvalue weighted by Gasteiger charge is -2.33. The normalized spacial score (nSPS) is 18.7. The molecule has 0 bridgehead atoms. The molecule has 0 spiro atoms. The molecule has 2 aromatic carbocycles. The van der Waals surface area contributed by atoms with Crippen molar-refractivity contribution < 1.29 is 23.1 Å². The van der Waals surface area contributed by atoms with Gasteiger partial charge in [0.2, 0.25) is 5.91 Å². The van der Waals surface area contributed by atoms with Crippen LogP contribution in [0.4, 0.5) is 0 Å². The Kier molecular flexibility index (Phi) is 11.7. The Morgan fingerprint density at radius 2 is 1.80 bits per heavy atom. The molecule has 0 saturated heterocycles. The molecule has 40 heavy (non-hydrogen) atoms. The van der Waals surface area contributed by atoms with Gasteiger partial charge in [-0.15, -0.1) is 0 Å². The molecule has 1 aliphatic rings. The molecule has 8 nitrogen and oxygen atoms in total. The third-order valence-electron chi connectivity index (χ3n) is 6.38. The van der Waals surface area contributed by atoms with E-state index in [0.29, 0.717) is 53.5 Å². The van der Waals surface area contributed by atoms with Gasteiger partial charge in [-0.1, -0.05) is 83.4 Å². The Hall–Kier alpha value is -2.34. The van der Waals surface area contributed by atoms with E-state index >= 15 is 0 Å². The van der Waals surface area contributed by atoms with Crippen LogP contribution in [0.25, 0.3) is 5.57 Å². The monoisotopic (exact) mass is 625 g/mol. The summed E-state index contributed by atoms with van der Waals surface area (Å²) in [7, 11) is -4.45. The average Bonchev–Trinajstić information content (AvgIpc) is 2.91. The van der Waals surface area contributed by atoms with E-state index in [0.717, 1.165) is 5.56 Å². The van der Waals surface area contributed by atoms with Crippen LogP contribution in [0.15, 0.2) is 72.3 Å². The molecule has 0 radical (unpaired) electrons. The molecular formula is C28H33Cl2N3O5S2. The van der Waals surface area contributed by atoms with Crippen LogP contribution in [0.2, 0.25) is 5.02 Å². The Morgan fingerprint density at radius 1 is 1.07 bits per heavy atom. The topological polar surface area (TPSA) is 125 Å². The fraction of sp³-hybridized carbons (Fsp3) is 0.357. The summed E-state index contributed by atoms with van der Waals surface area (Å²) in [5.74, 6) is -1.12. The van der Waals surface area contributed by atoms with Crippen molar-refractivity contribution in [3.63, 3.8) is 0 Å². The predicted molar refractivity (Wildman–Crippen MR) is 163 cm³/mol. The zero-order valence-corrected chi connectivity index (χ0v) is 25.2.